The van der Waals surface area contributed by atoms with Crippen LogP contribution in [0.1, 0.15) is 28.4 Å². The Hall–Kier alpha value is -2.97. The number of ketones is 1. The molecule has 2 aromatic rings. The highest BCUT2D eigenvalue weighted by Gasteiger charge is 2.41. The molecule has 3 nitrogen and oxygen atoms in total. The Morgan fingerprint density at radius 1 is 0.893 bits per heavy atom. The second-order valence-corrected chi connectivity index (χ2v) is 6.02. The van der Waals surface area contributed by atoms with Gasteiger partial charge in [-0.2, -0.15) is 26.3 Å². The minimum absolute atomic E-state index is 0.0120. The molecular weight excluding hydrogens is 388 g/mol. The van der Waals surface area contributed by atoms with E-state index in [1.54, 1.807) is 30.3 Å². The highest BCUT2D eigenvalue weighted by Crippen LogP contribution is 2.41. The van der Waals surface area contributed by atoms with Crippen LogP contribution in [0.2, 0.25) is 0 Å². The standard InChI is InChI=1S/C19H13F6NO2/c1-26-17-14(15(27)16(28-17)10-5-3-2-4-6-10)11-7-12(18(20,21)22)9-13(8-11)19(23,24)25/h2-9,16,26H,1H3. The van der Waals surface area contributed by atoms with Crippen molar-refractivity contribution in [2.24, 2.45) is 0 Å². The first kappa shape index (κ1) is 19.8. The van der Waals surface area contributed by atoms with Crippen LogP contribution in [-0.4, -0.2) is 12.8 Å². The summed E-state index contributed by atoms with van der Waals surface area (Å²) in [6.07, 6.45) is -11.2. The quantitative estimate of drug-likeness (QED) is 0.740. The van der Waals surface area contributed by atoms with Crippen molar-refractivity contribution < 1.29 is 35.9 Å². The van der Waals surface area contributed by atoms with Gasteiger partial charge in [-0.15, -0.1) is 0 Å². The molecule has 0 aromatic heterocycles. The third-order valence-corrected chi connectivity index (χ3v) is 4.15. The fraction of sp³-hybridized carbons (Fsp3) is 0.211. The molecular formula is C19H13F6NO2. The van der Waals surface area contributed by atoms with Crippen LogP contribution in [0, 0.1) is 0 Å². The van der Waals surface area contributed by atoms with Crippen LogP contribution in [0.5, 0.6) is 0 Å². The molecule has 9 heteroatoms. The van der Waals surface area contributed by atoms with Crippen molar-refractivity contribution in [2.45, 2.75) is 18.5 Å². The molecule has 148 valence electrons. The minimum atomic E-state index is -5.02. The summed E-state index contributed by atoms with van der Waals surface area (Å²) < 4.78 is 84.2. The lowest BCUT2D eigenvalue weighted by atomic mass is 9.94. The van der Waals surface area contributed by atoms with Crippen molar-refractivity contribution in [1.29, 1.82) is 0 Å². The van der Waals surface area contributed by atoms with Crippen molar-refractivity contribution in [3.63, 3.8) is 0 Å². The molecule has 1 atom stereocenters. The molecule has 1 unspecified atom stereocenters. The van der Waals surface area contributed by atoms with Gasteiger partial charge in [-0.3, -0.25) is 4.79 Å². The van der Waals surface area contributed by atoms with E-state index in [9.17, 15) is 31.1 Å². The third-order valence-electron chi connectivity index (χ3n) is 4.15. The molecule has 1 heterocycles. The number of rotatable bonds is 3. The minimum Gasteiger partial charge on any atom is -0.462 e. The number of hydrogen-bond acceptors (Lipinski definition) is 3. The largest absolute Gasteiger partial charge is 0.462 e. The van der Waals surface area contributed by atoms with Gasteiger partial charge in [0.25, 0.3) is 0 Å². The number of carbonyl (C=O) groups excluding carboxylic acids is 1. The highest BCUT2D eigenvalue weighted by atomic mass is 19.4. The van der Waals surface area contributed by atoms with E-state index >= 15 is 0 Å². The smallest absolute Gasteiger partial charge is 0.416 e. The fourth-order valence-corrected chi connectivity index (χ4v) is 2.88. The predicted molar refractivity (Wildman–Crippen MR) is 87.7 cm³/mol. The molecule has 28 heavy (non-hydrogen) atoms. The monoisotopic (exact) mass is 401 g/mol. The van der Waals surface area contributed by atoms with Gasteiger partial charge in [0.1, 0.15) is 0 Å². The van der Waals surface area contributed by atoms with Crippen molar-refractivity contribution >= 4 is 11.4 Å². The predicted octanol–water partition coefficient (Wildman–Crippen LogP) is 4.95. The van der Waals surface area contributed by atoms with E-state index in [0.29, 0.717) is 17.7 Å². The SMILES string of the molecule is CNC1=C(c2cc(C(F)(F)F)cc(C(F)(F)F)c2)C(=O)C(c2ccccc2)O1. The van der Waals surface area contributed by atoms with Gasteiger partial charge >= 0.3 is 12.4 Å². The molecule has 1 N–H and O–H groups in total. The van der Waals surface area contributed by atoms with Gasteiger partial charge < -0.3 is 10.1 Å². The normalized spacial score (nSPS) is 17.7. The Morgan fingerprint density at radius 2 is 1.43 bits per heavy atom. The van der Waals surface area contributed by atoms with Gasteiger partial charge in [0, 0.05) is 12.6 Å². The van der Waals surface area contributed by atoms with Crippen molar-refractivity contribution in [3.8, 4) is 0 Å². The number of ether oxygens (including phenoxy) is 1. The summed E-state index contributed by atoms with van der Waals surface area (Å²) in [5, 5.41) is 2.53. The van der Waals surface area contributed by atoms with E-state index in [-0.39, 0.29) is 17.5 Å². The van der Waals surface area contributed by atoms with Crippen molar-refractivity contribution in [2.75, 3.05) is 7.05 Å². The number of benzene rings is 2. The lowest BCUT2D eigenvalue weighted by Gasteiger charge is -2.14. The summed E-state index contributed by atoms with van der Waals surface area (Å²) in [6, 6.07) is 9.14. The number of carbonyl (C=O) groups is 1. The van der Waals surface area contributed by atoms with Crippen LogP contribution >= 0.6 is 0 Å². The lowest BCUT2D eigenvalue weighted by Crippen LogP contribution is -2.14. The first-order valence-corrected chi connectivity index (χ1v) is 8.00. The van der Waals surface area contributed by atoms with Crippen LogP contribution in [0.15, 0.2) is 54.4 Å². The maximum Gasteiger partial charge on any atom is 0.416 e. The van der Waals surface area contributed by atoms with Gasteiger partial charge in [-0.25, -0.2) is 0 Å². The third kappa shape index (κ3) is 3.69. The summed E-state index contributed by atoms with van der Waals surface area (Å²) in [7, 11) is 1.36. The number of Topliss-reactive ketones (excluding diaryl/α,β-unsaturated/α-hetero) is 1. The van der Waals surface area contributed by atoms with E-state index < -0.39 is 40.9 Å². The molecule has 3 rings (SSSR count). The van der Waals surface area contributed by atoms with E-state index in [1.165, 1.54) is 7.05 Å². The first-order chi connectivity index (χ1) is 13.0. The molecule has 2 aromatic carbocycles. The molecule has 0 bridgehead atoms. The zero-order chi connectivity index (χ0) is 20.7. The number of nitrogens with one attached hydrogen (secondary N) is 1. The van der Waals surface area contributed by atoms with Crippen LogP contribution in [0.4, 0.5) is 26.3 Å². The van der Waals surface area contributed by atoms with E-state index in [2.05, 4.69) is 5.32 Å². The molecule has 0 spiro atoms. The van der Waals surface area contributed by atoms with Gasteiger partial charge in [-0.05, 0) is 23.8 Å². The molecule has 1 aliphatic rings. The second-order valence-electron chi connectivity index (χ2n) is 6.02. The highest BCUT2D eigenvalue weighted by molar-refractivity contribution is 6.25. The average Bonchev–Trinajstić information content (AvgIpc) is 2.97. The second kappa shape index (κ2) is 6.88. The fourth-order valence-electron chi connectivity index (χ4n) is 2.88. The van der Waals surface area contributed by atoms with E-state index in [4.69, 9.17) is 4.74 Å². The summed E-state index contributed by atoms with van der Waals surface area (Å²) in [5.74, 6) is -0.922. The topological polar surface area (TPSA) is 38.3 Å². The molecule has 0 amide bonds. The Balaban J connectivity index is 2.14. The summed E-state index contributed by atoms with van der Waals surface area (Å²) >= 11 is 0. The Bertz CT molecular complexity index is 899. The van der Waals surface area contributed by atoms with Crippen LogP contribution in [-0.2, 0) is 21.9 Å². The van der Waals surface area contributed by atoms with Crippen molar-refractivity contribution in [1.82, 2.24) is 5.32 Å². The van der Waals surface area contributed by atoms with E-state index in [1.807, 2.05) is 0 Å². The zero-order valence-corrected chi connectivity index (χ0v) is 14.3. The maximum absolute atomic E-state index is 13.1. The average molecular weight is 401 g/mol. The molecule has 0 saturated carbocycles. The maximum atomic E-state index is 13.1. The summed E-state index contributed by atoms with van der Waals surface area (Å²) in [6.45, 7) is 0. The number of hydrogen-bond donors (Lipinski definition) is 1. The van der Waals surface area contributed by atoms with Gasteiger partial charge in [-0.1, -0.05) is 30.3 Å². The van der Waals surface area contributed by atoms with Crippen LogP contribution < -0.4 is 5.32 Å². The first-order valence-electron chi connectivity index (χ1n) is 8.00. The molecule has 0 saturated heterocycles. The molecule has 0 aliphatic carbocycles. The summed E-state index contributed by atoms with van der Waals surface area (Å²) in [4.78, 5) is 12.8. The van der Waals surface area contributed by atoms with E-state index in [0.717, 1.165) is 0 Å². The van der Waals surface area contributed by atoms with Crippen LogP contribution in [0.3, 0.4) is 0 Å². The number of halogens is 6. The zero-order valence-electron chi connectivity index (χ0n) is 14.3. The lowest BCUT2D eigenvalue weighted by molar-refractivity contribution is -0.143. The van der Waals surface area contributed by atoms with Gasteiger partial charge in [0.05, 0.1) is 16.7 Å². The Kier molecular flexibility index (Phi) is 4.86. The Labute approximate surface area is 155 Å². The van der Waals surface area contributed by atoms with Gasteiger partial charge in [0.2, 0.25) is 5.78 Å². The molecule has 1 aliphatic heterocycles. The van der Waals surface area contributed by atoms with Gasteiger partial charge in [0.15, 0.2) is 12.0 Å². The molecule has 0 fully saturated rings. The number of alkyl halides is 6. The summed E-state index contributed by atoms with van der Waals surface area (Å²) in [5.41, 5.74) is -3.46. The van der Waals surface area contributed by atoms with Crippen LogP contribution in [0.25, 0.3) is 5.57 Å². The Morgan fingerprint density at radius 3 is 1.89 bits per heavy atom. The molecule has 0 radical (unpaired) electrons. The van der Waals surface area contributed by atoms with Crippen molar-refractivity contribution in [3.05, 3.63) is 76.7 Å².